The fourth-order valence-electron chi connectivity index (χ4n) is 3.10. The van der Waals surface area contributed by atoms with Crippen LogP contribution < -0.4 is 5.32 Å². The molecule has 0 aliphatic carbocycles. The summed E-state index contributed by atoms with van der Waals surface area (Å²) in [6.45, 7) is 0.265. The minimum absolute atomic E-state index is 0.0439. The number of carbonyl (C=O) groups is 1. The van der Waals surface area contributed by atoms with Gasteiger partial charge in [-0.05, 0) is 30.2 Å². The van der Waals surface area contributed by atoms with Crippen LogP contribution in [0.25, 0.3) is 0 Å². The van der Waals surface area contributed by atoms with Crippen molar-refractivity contribution in [3.63, 3.8) is 0 Å². The monoisotopic (exact) mass is 507 g/mol. The standard InChI is InChI=1S/C22H19F6NO4S/c1-3-12-33-20(21(23,24)25,22(26,27)28)17-8-10-18(11-9-17)29-19(30)13-15-4-6-16(7-5-15)14(2)34(31)32/h1,4-11,14,34H,12-13H2,2H3,(H,29,30). The number of nitrogens with one attached hydrogen (secondary N) is 1. The molecule has 0 fully saturated rings. The van der Waals surface area contributed by atoms with E-state index in [2.05, 4.69) is 10.1 Å². The fraction of sp³-hybridized carbons (Fsp3) is 0.318. The van der Waals surface area contributed by atoms with E-state index < -0.39 is 52.0 Å². The average Bonchev–Trinajstić information content (AvgIpc) is 2.73. The number of hydrogen-bond donors (Lipinski definition) is 2. The number of alkyl halides is 6. The number of rotatable bonds is 8. The Hall–Kier alpha value is -3.04. The smallest absolute Gasteiger partial charge is 0.341 e. The van der Waals surface area contributed by atoms with Crippen molar-refractivity contribution in [2.24, 2.45) is 0 Å². The lowest BCUT2D eigenvalue weighted by Crippen LogP contribution is -2.56. The van der Waals surface area contributed by atoms with Crippen LogP contribution in [0.2, 0.25) is 0 Å². The molecule has 12 heteroatoms. The molecule has 0 aromatic heterocycles. The molecule has 1 N–H and O–H groups in total. The molecule has 1 amide bonds. The molecule has 1 unspecified atom stereocenters. The van der Waals surface area contributed by atoms with Gasteiger partial charge >= 0.3 is 12.4 Å². The molecule has 0 heterocycles. The third kappa shape index (κ3) is 5.90. The number of terminal acetylenes is 1. The van der Waals surface area contributed by atoms with Gasteiger partial charge < -0.3 is 10.1 Å². The van der Waals surface area contributed by atoms with E-state index in [4.69, 9.17) is 6.42 Å². The number of halogens is 6. The summed E-state index contributed by atoms with van der Waals surface area (Å²) in [4.78, 5) is 12.2. The number of ether oxygens (including phenoxy) is 1. The van der Waals surface area contributed by atoms with Crippen LogP contribution in [-0.4, -0.2) is 33.3 Å². The number of carbonyl (C=O) groups excluding carboxylic acids is 1. The van der Waals surface area contributed by atoms with Crippen LogP contribution in [0.3, 0.4) is 0 Å². The summed E-state index contributed by atoms with van der Waals surface area (Å²) in [5.74, 6) is 1.01. The predicted molar refractivity (Wildman–Crippen MR) is 113 cm³/mol. The van der Waals surface area contributed by atoms with E-state index in [9.17, 15) is 39.6 Å². The van der Waals surface area contributed by atoms with Gasteiger partial charge in [-0.25, -0.2) is 8.42 Å². The highest BCUT2D eigenvalue weighted by Crippen LogP contribution is 2.53. The molecule has 0 spiro atoms. The van der Waals surface area contributed by atoms with Gasteiger partial charge in [0.15, 0.2) is 0 Å². The highest BCUT2D eigenvalue weighted by atomic mass is 32.2. The van der Waals surface area contributed by atoms with Crippen molar-refractivity contribution in [1.82, 2.24) is 0 Å². The quantitative estimate of drug-likeness (QED) is 0.313. The van der Waals surface area contributed by atoms with Crippen molar-refractivity contribution < 1.29 is 44.3 Å². The molecule has 2 rings (SSSR count). The molecule has 0 saturated carbocycles. The first kappa shape index (κ1) is 27.2. The Bertz CT molecular complexity index is 1090. The lowest BCUT2D eigenvalue weighted by Gasteiger charge is -2.36. The maximum Gasteiger partial charge on any atom is 0.430 e. The van der Waals surface area contributed by atoms with E-state index in [0.717, 1.165) is 12.1 Å². The van der Waals surface area contributed by atoms with Crippen molar-refractivity contribution in [2.75, 3.05) is 11.9 Å². The third-order valence-electron chi connectivity index (χ3n) is 4.89. The van der Waals surface area contributed by atoms with Crippen molar-refractivity contribution in [3.8, 4) is 12.3 Å². The molecule has 184 valence electrons. The number of amides is 1. The number of benzene rings is 2. The van der Waals surface area contributed by atoms with Crippen LogP contribution in [0.4, 0.5) is 32.0 Å². The van der Waals surface area contributed by atoms with E-state index in [1.54, 1.807) is 5.92 Å². The normalized spacial score (nSPS) is 13.4. The summed E-state index contributed by atoms with van der Waals surface area (Å²) in [5, 5.41) is 1.67. The largest absolute Gasteiger partial charge is 0.430 e. The van der Waals surface area contributed by atoms with Crippen LogP contribution in [-0.2, 0) is 32.3 Å². The summed E-state index contributed by atoms with van der Waals surface area (Å²) >= 11 is 0. The van der Waals surface area contributed by atoms with Crippen molar-refractivity contribution in [3.05, 3.63) is 65.2 Å². The Labute approximate surface area is 193 Å². The molecule has 0 radical (unpaired) electrons. The van der Waals surface area contributed by atoms with E-state index in [1.807, 2.05) is 0 Å². The number of thiol groups is 1. The molecular formula is C22H19F6NO4S. The summed E-state index contributed by atoms with van der Waals surface area (Å²) in [6.07, 6.45) is -7.10. The molecule has 34 heavy (non-hydrogen) atoms. The Morgan fingerprint density at radius 1 is 1.00 bits per heavy atom. The van der Waals surface area contributed by atoms with Crippen LogP contribution in [0.1, 0.15) is 28.9 Å². The van der Waals surface area contributed by atoms with E-state index >= 15 is 0 Å². The van der Waals surface area contributed by atoms with Crippen LogP contribution in [0.5, 0.6) is 0 Å². The van der Waals surface area contributed by atoms with Crippen molar-refractivity contribution >= 4 is 22.3 Å². The van der Waals surface area contributed by atoms with Gasteiger partial charge in [-0.1, -0.05) is 42.3 Å². The zero-order valence-corrected chi connectivity index (χ0v) is 18.4. The average molecular weight is 507 g/mol. The summed E-state index contributed by atoms with van der Waals surface area (Å²) in [7, 11) is -2.67. The first-order valence-corrected chi connectivity index (χ1v) is 10.8. The van der Waals surface area contributed by atoms with Crippen LogP contribution in [0, 0.1) is 12.3 Å². The van der Waals surface area contributed by atoms with Gasteiger partial charge in [0.1, 0.15) is 17.3 Å². The molecule has 2 aromatic rings. The fourth-order valence-corrected chi connectivity index (χ4v) is 3.52. The third-order valence-corrected chi connectivity index (χ3v) is 5.82. The van der Waals surface area contributed by atoms with Crippen molar-refractivity contribution in [1.29, 1.82) is 0 Å². The summed E-state index contributed by atoms with van der Waals surface area (Å²) in [6, 6.07) is 9.02. The minimum atomic E-state index is -5.87. The van der Waals surface area contributed by atoms with Crippen molar-refractivity contribution in [2.45, 2.75) is 36.5 Å². The second-order valence-electron chi connectivity index (χ2n) is 7.17. The molecule has 0 aliphatic heterocycles. The maximum atomic E-state index is 13.5. The van der Waals surface area contributed by atoms with Gasteiger partial charge in [0, 0.05) is 11.3 Å². The Morgan fingerprint density at radius 3 is 1.97 bits per heavy atom. The first-order chi connectivity index (χ1) is 15.7. The van der Waals surface area contributed by atoms with Gasteiger partial charge in [0.2, 0.25) is 5.91 Å². The Morgan fingerprint density at radius 2 is 1.53 bits per heavy atom. The van der Waals surface area contributed by atoms with Crippen LogP contribution in [0.15, 0.2) is 48.5 Å². The topological polar surface area (TPSA) is 72.5 Å². The molecular weight excluding hydrogens is 488 g/mol. The zero-order valence-electron chi connectivity index (χ0n) is 17.5. The van der Waals surface area contributed by atoms with Gasteiger partial charge in [-0.2, -0.15) is 26.3 Å². The van der Waals surface area contributed by atoms with Gasteiger partial charge in [-0.3, -0.25) is 4.79 Å². The maximum absolute atomic E-state index is 13.5. The summed E-state index contributed by atoms with van der Waals surface area (Å²) < 4.78 is 107. The minimum Gasteiger partial charge on any atom is -0.341 e. The first-order valence-electron chi connectivity index (χ1n) is 9.56. The lowest BCUT2D eigenvalue weighted by molar-refractivity contribution is -0.386. The number of anilines is 1. The molecule has 2 aromatic carbocycles. The molecule has 0 aliphatic rings. The summed E-state index contributed by atoms with van der Waals surface area (Å²) in [5.41, 5.74) is -4.88. The lowest BCUT2D eigenvalue weighted by atomic mass is 9.91. The highest BCUT2D eigenvalue weighted by Gasteiger charge is 2.73. The molecule has 1 atom stereocenters. The van der Waals surface area contributed by atoms with E-state index in [0.29, 0.717) is 23.3 Å². The van der Waals surface area contributed by atoms with E-state index in [-0.39, 0.29) is 12.1 Å². The molecule has 0 saturated heterocycles. The van der Waals surface area contributed by atoms with Gasteiger partial charge in [0.25, 0.3) is 5.60 Å². The van der Waals surface area contributed by atoms with Crippen LogP contribution >= 0.6 is 0 Å². The Kier molecular flexibility index (Phi) is 8.39. The molecule has 0 bridgehead atoms. The van der Waals surface area contributed by atoms with E-state index in [1.165, 1.54) is 31.2 Å². The SMILES string of the molecule is C#CCOC(c1ccc(NC(=O)Cc2ccc(C(C)[SH](=O)=O)cc2)cc1)(C(F)(F)F)C(F)(F)F. The Balaban J connectivity index is 2.21. The second kappa shape index (κ2) is 10.5. The van der Waals surface area contributed by atoms with Gasteiger partial charge in [0.05, 0.1) is 11.7 Å². The second-order valence-corrected chi connectivity index (χ2v) is 8.52. The highest BCUT2D eigenvalue weighted by molar-refractivity contribution is 7.72. The number of hydrogen-bond acceptors (Lipinski definition) is 4. The zero-order chi connectivity index (χ0) is 25.7. The van der Waals surface area contributed by atoms with Gasteiger partial charge in [-0.15, -0.1) is 6.42 Å². The molecule has 5 nitrogen and oxygen atoms in total. The predicted octanol–water partition coefficient (Wildman–Crippen LogP) is 4.51.